The number of hydrogen-bond donors (Lipinski definition) is 2. The third-order valence-electron chi connectivity index (χ3n) is 2.28. The van der Waals surface area contributed by atoms with Gasteiger partial charge in [0, 0.05) is 6.07 Å². The summed E-state index contributed by atoms with van der Waals surface area (Å²) in [6.07, 6.45) is -3.56. The van der Waals surface area contributed by atoms with E-state index in [1.165, 1.54) is 24.3 Å². The summed E-state index contributed by atoms with van der Waals surface area (Å²) in [5.74, 6) is -1.02. The Bertz CT molecular complexity index is 447. The number of rotatable bonds is 5. The van der Waals surface area contributed by atoms with E-state index < -0.39 is 23.1 Å². The lowest BCUT2D eigenvalue weighted by atomic mass is 10.0. The van der Waals surface area contributed by atoms with Crippen molar-refractivity contribution in [3.8, 4) is 0 Å². The van der Waals surface area contributed by atoms with Crippen LogP contribution >= 0.6 is 0 Å². The molecule has 2 atom stereocenters. The average molecular weight is 255 g/mol. The SMILES string of the molecule is CCOC(=O)[C@@H](O)[C@H](O)c1ccccc1[N+](=O)[O-]. The Morgan fingerprint density at radius 2 is 2.06 bits per heavy atom. The first-order chi connectivity index (χ1) is 8.49. The number of carbonyl (C=O) groups is 1. The van der Waals surface area contributed by atoms with Gasteiger partial charge in [-0.25, -0.2) is 4.79 Å². The second kappa shape index (κ2) is 6.08. The van der Waals surface area contributed by atoms with Gasteiger partial charge < -0.3 is 14.9 Å². The second-order valence-corrected chi connectivity index (χ2v) is 3.46. The van der Waals surface area contributed by atoms with Crippen molar-refractivity contribution in [3.63, 3.8) is 0 Å². The van der Waals surface area contributed by atoms with Gasteiger partial charge in [-0.3, -0.25) is 10.1 Å². The van der Waals surface area contributed by atoms with Crippen LogP contribution in [0.4, 0.5) is 5.69 Å². The first-order valence-corrected chi connectivity index (χ1v) is 5.25. The Kier molecular flexibility index (Phi) is 4.75. The van der Waals surface area contributed by atoms with E-state index in [-0.39, 0.29) is 17.9 Å². The lowest BCUT2D eigenvalue weighted by Gasteiger charge is -2.16. The molecule has 0 saturated heterocycles. The number of aliphatic hydroxyl groups is 2. The van der Waals surface area contributed by atoms with Gasteiger partial charge in [-0.15, -0.1) is 0 Å². The molecule has 0 aromatic heterocycles. The van der Waals surface area contributed by atoms with Gasteiger partial charge in [0.2, 0.25) is 0 Å². The van der Waals surface area contributed by atoms with Crippen LogP contribution in [-0.2, 0) is 9.53 Å². The minimum absolute atomic E-state index is 0.0412. The summed E-state index contributed by atoms with van der Waals surface area (Å²) in [7, 11) is 0. The van der Waals surface area contributed by atoms with Crippen molar-refractivity contribution in [2.75, 3.05) is 6.61 Å². The van der Waals surface area contributed by atoms with Gasteiger partial charge in [-0.1, -0.05) is 12.1 Å². The van der Waals surface area contributed by atoms with Crippen molar-refractivity contribution >= 4 is 11.7 Å². The molecule has 0 bridgehead atoms. The molecule has 2 N–H and O–H groups in total. The minimum atomic E-state index is -1.86. The molecular weight excluding hydrogens is 242 g/mol. The topological polar surface area (TPSA) is 110 Å². The zero-order valence-corrected chi connectivity index (χ0v) is 9.65. The Hall–Kier alpha value is -1.99. The average Bonchev–Trinajstić information content (AvgIpc) is 2.37. The number of ether oxygens (including phenoxy) is 1. The molecule has 0 aliphatic rings. The van der Waals surface area contributed by atoms with Crippen LogP contribution in [0.2, 0.25) is 0 Å². The van der Waals surface area contributed by atoms with E-state index in [1.54, 1.807) is 6.92 Å². The fourth-order valence-electron chi connectivity index (χ4n) is 1.43. The van der Waals surface area contributed by atoms with Crippen molar-refractivity contribution in [1.29, 1.82) is 0 Å². The fourth-order valence-corrected chi connectivity index (χ4v) is 1.43. The highest BCUT2D eigenvalue weighted by Crippen LogP contribution is 2.27. The van der Waals surface area contributed by atoms with Gasteiger partial charge in [-0.2, -0.15) is 0 Å². The quantitative estimate of drug-likeness (QED) is 0.451. The molecule has 1 aromatic carbocycles. The zero-order valence-electron chi connectivity index (χ0n) is 9.65. The highest BCUT2D eigenvalue weighted by molar-refractivity contribution is 5.75. The van der Waals surface area contributed by atoms with Gasteiger partial charge >= 0.3 is 5.97 Å². The maximum Gasteiger partial charge on any atom is 0.338 e. The third-order valence-corrected chi connectivity index (χ3v) is 2.28. The van der Waals surface area contributed by atoms with Crippen molar-refractivity contribution in [3.05, 3.63) is 39.9 Å². The van der Waals surface area contributed by atoms with Crippen molar-refractivity contribution in [2.24, 2.45) is 0 Å². The molecule has 0 unspecified atom stereocenters. The number of benzene rings is 1. The molecule has 0 heterocycles. The van der Waals surface area contributed by atoms with Crippen LogP contribution in [-0.4, -0.2) is 33.8 Å². The maximum absolute atomic E-state index is 11.2. The zero-order chi connectivity index (χ0) is 13.7. The second-order valence-electron chi connectivity index (χ2n) is 3.46. The van der Waals surface area contributed by atoms with E-state index in [9.17, 15) is 25.1 Å². The molecular formula is C11H13NO6. The summed E-state index contributed by atoms with van der Waals surface area (Å²) in [5, 5.41) is 30.0. The summed E-state index contributed by atoms with van der Waals surface area (Å²) in [4.78, 5) is 21.3. The molecule has 0 amide bonds. The van der Waals surface area contributed by atoms with E-state index in [0.29, 0.717) is 0 Å². The molecule has 98 valence electrons. The van der Waals surface area contributed by atoms with Crippen molar-refractivity contribution < 1.29 is 24.7 Å². The molecule has 1 rings (SSSR count). The number of para-hydroxylation sites is 1. The third kappa shape index (κ3) is 3.02. The first kappa shape index (κ1) is 14.1. The summed E-state index contributed by atoms with van der Waals surface area (Å²) in [6, 6.07) is 5.33. The smallest absolute Gasteiger partial charge is 0.338 e. The number of carbonyl (C=O) groups excluding carboxylic acids is 1. The normalized spacial score (nSPS) is 13.7. The number of nitro benzene ring substituents is 1. The molecule has 0 radical (unpaired) electrons. The van der Waals surface area contributed by atoms with Crippen LogP contribution in [0.3, 0.4) is 0 Å². The molecule has 0 saturated carbocycles. The van der Waals surface area contributed by atoms with Crippen LogP contribution in [0.1, 0.15) is 18.6 Å². The molecule has 0 aliphatic heterocycles. The largest absolute Gasteiger partial charge is 0.464 e. The number of aliphatic hydroxyl groups excluding tert-OH is 2. The number of esters is 1. The van der Waals surface area contributed by atoms with Crippen LogP contribution < -0.4 is 0 Å². The van der Waals surface area contributed by atoms with Crippen LogP contribution in [0.5, 0.6) is 0 Å². The van der Waals surface area contributed by atoms with Crippen LogP contribution in [0, 0.1) is 10.1 Å². The molecule has 0 aliphatic carbocycles. The lowest BCUT2D eigenvalue weighted by molar-refractivity contribution is -0.386. The van der Waals surface area contributed by atoms with E-state index in [4.69, 9.17) is 0 Å². The summed E-state index contributed by atoms with van der Waals surface area (Å²) < 4.78 is 4.53. The van der Waals surface area contributed by atoms with Crippen LogP contribution in [0.15, 0.2) is 24.3 Å². The van der Waals surface area contributed by atoms with E-state index in [2.05, 4.69) is 4.74 Å². The minimum Gasteiger partial charge on any atom is -0.464 e. The van der Waals surface area contributed by atoms with Crippen molar-refractivity contribution in [2.45, 2.75) is 19.1 Å². The Balaban J connectivity index is 2.99. The van der Waals surface area contributed by atoms with Crippen LogP contribution in [0.25, 0.3) is 0 Å². The predicted octanol–water partition coefficient (Wildman–Crippen LogP) is 0.552. The van der Waals surface area contributed by atoms with Gasteiger partial charge in [0.15, 0.2) is 6.10 Å². The Morgan fingerprint density at radius 1 is 1.44 bits per heavy atom. The van der Waals surface area contributed by atoms with E-state index in [0.717, 1.165) is 0 Å². The Labute approximate surface area is 103 Å². The molecule has 7 heteroatoms. The Morgan fingerprint density at radius 3 is 2.61 bits per heavy atom. The van der Waals surface area contributed by atoms with E-state index in [1.807, 2.05) is 0 Å². The number of nitrogens with zero attached hydrogens (tertiary/aromatic N) is 1. The van der Waals surface area contributed by atoms with Gasteiger partial charge in [0.25, 0.3) is 5.69 Å². The summed E-state index contributed by atoms with van der Waals surface area (Å²) in [6.45, 7) is 1.58. The van der Waals surface area contributed by atoms with E-state index >= 15 is 0 Å². The molecule has 0 spiro atoms. The van der Waals surface area contributed by atoms with Gasteiger partial charge in [0.05, 0.1) is 17.1 Å². The standard InChI is InChI=1S/C11H13NO6/c1-2-18-11(15)10(14)9(13)7-5-3-4-6-8(7)12(16)17/h3-6,9-10,13-14H,2H2,1H3/t9-,10+/m1/s1. The van der Waals surface area contributed by atoms with Gasteiger partial charge in [-0.05, 0) is 13.0 Å². The first-order valence-electron chi connectivity index (χ1n) is 5.25. The van der Waals surface area contributed by atoms with Gasteiger partial charge in [0.1, 0.15) is 6.10 Å². The molecule has 7 nitrogen and oxygen atoms in total. The number of hydrogen-bond acceptors (Lipinski definition) is 6. The highest BCUT2D eigenvalue weighted by Gasteiger charge is 2.31. The summed E-state index contributed by atoms with van der Waals surface area (Å²) >= 11 is 0. The molecule has 1 aromatic rings. The maximum atomic E-state index is 11.2. The monoisotopic (exact) mass is 255 g/mol. The highest BCUT2D eigenvalue weighted by atomic mass is 16.6. The molecule has 0 fully saturated rings. The van der Waals surface area contributed by atoms with Crippen molar-refractivity contribution in [1.82, 2.24) is 0 Å². The fraction of sp³-hybridized carbons (Fsp3) is 0.364. The number of nitro groups is 1. The molecule has 18 heavy (non-hydrogen) atoms. The lowest BCUT2D eigenvalue weighted by Crippen LogP contribution is -2.30. The predicted molar refractivity (Wildman–Crippen MR) is 60.7 cm³/mol. The summed E-state index contributed by atoms with van der Waals surface area (Å²) in [5.41, 5.74) is -0.503.